The fourth-order valence-corrected chi connectivity index (χ4v) is 2.54. The molecule has 1 aromatic carbocycles. The van der Waals surface area contributed by atoms with E-state index in [1.807, 2.05) is 39.0 Å². The van der Waals surface area contributed by atoms with Gasteiger partial charge in [-0.1, -0.05) is 26.0 Å². The number of benzene rings is 1. The molecule has 0 aliphatic carbocycles. The summed E-state index contributed by atoms with van der Waals surface area (Å²) >= 11 is 0. The highest BCUT2D eigenvalue weighted by atomic mass is 16.6. The molecule has 1 saturated heterocycles. The SMILES string of the molecule is CCOc1ccccc1OCC(=O)N1CCN(C(=O)OCC(C)C)CC1. The largest absolute Gasteiger partial charge is 0.490 e. The molecule has 0 unspecified atom stereocenters. The highest BCUT2D eigenvalue weighted by Gasteiger charge is 2.25. The van der Waals surface area contributed by atoms with Crippen LogP contribution in [0, 0.1) is 5.92 Å². The van der Waals surface area contributed by atoms with Gasteiger partial charge in [0.25, 0.3) is 5.91 Å². The molecule has 2 rings (SSSR count). The van der Waals surface area contributed by atoms with Crippen LogP contribution in [0.1, 0.15) is 20.8 Å². The Kier molecular flexibility index (Phi) is 7.56. The van der Waals surface area contributed by atoms with Crippen LogP contribution in [0.3, 0.4) is 0 Å². The van der Waals surface area contributed by atoms with Gasteiger partial charge in [-0.05, 0) is 25.0 Å². The molecule has 1 fully saturated rings. The summed E-state index contributed by atoms with van der Waals surface area (Å²) in [6, 6.07) is 7.28. The van der Waals surface area contributed by atoms with Crippen LogP contribution in [0.15, 0.2) is 24.3 Å². The number of hydrogen-bond donors (Lipinski definition) is 0. The minimum absolute atomic E-state index is 0.0537. The maximum Gasteiger partial charge on any atom is 0.409 e. The fourth-order valence-electron chi connectivity index (χ4n) is 2.54. The maximum absolute atomic E-state index is 12.4. The highest BCUT2D eigenvalue weighted by molar-refractivity contribution is 5.78. The molecule has 0 radical (unpaired) electrons. The smallest absolute Gasteiger partial charge is 0.409 e. The van der Waals surface area contributed by atoms with E-state index in [0.29, 0.717) is 56.8 Å². The van der Waals surface area contributed by atoms with Gasteiger partial charge in [0.2, 0.25) is 0 Å². The zero-order chi connectivity index (χ0) is 18.9. The van der Waals surface area contributed by atoms with Gasteiger partial charge in [0.15, 0.2) is 18.1 Å². The summed E-state index contributed by atoms with van der Waals surface area (Å²) in [5, 5.41) is 0. The van der Waals surface area contributed by atoms with Crippen LogP contribution < -0.4 is 9.47 Å². The Bertz CT molecular complexity index is 597. The van der Waals surface area contributed by atoms with Crippen molar-refractivity contribution in [2.24, 2.45) is 5.92 Å². The third-order valence-corrected chi connectivity index (χ3v) is 3.93. The quantitative estimate of drug-likeness (QED) is 0.743. The van der Waals surface area contributed by atoms with E-state index in [4.69, 9.17) is 14.2 Å². The molecule has 2 amide bonds. The van der Waals surface area contributed by atoms with Crippen LogP contribution in [0.5, 0.6) is 11.5 Å². The van der Waals surface area contributed by atoms with Crippen molar-refractivity contribution in [1.29, 1.82) is 0 Å². The molecule has 0 atom stereocenters. The first-order valence-corrected chi connectivity index (χ1v) is 9.05. The molecule has 0 spiro atoms. The van der Waals surface area contributed by atoms with Crippen molar-refractivity contribution in [1.82, 2.24) is 9.80 Å². The van der Waals surface area contributed by atoms with Gasteiger partial charge >= 0.3 is 6.09 Å². The standard InChI is InChI=1S/C19H28N2O5/c1-4-24-16-7-5-6-8-17(16)25-14-18(22)20-9-11-21(12-10-20)19(23)26-13-15(2)3/h5-8,15H,4,9-14H2,1-3H3. The molecule has 144 valence electrons. The molecule has 0 N–H and O–H groups in total. The number of nitrogens with zero attached hydrogens (tertiary/aromatic N) is 2. The first-order chi connectivity index (χ1) is 12.5. The van der Waals surface area contributed by atoms with Gasteiger partial charge in [0, 0.05) is 26.2 Å². The van der Waals surface area contributed by atoms with E-state index in [0.717, 1.165) is 0 Å². The zero-order valence-electron chi connectivity index (χ0n) is 15.8. The second-order valence-electron chi connectivity index (χ2n) is 6.51. The van der Waals surface area contributed by atoms with Crippen LogP contribution in [-0.4, -0.2) is 67.8 Å². The first kappa shape index (κ1) is 19.9. The van der Waals surface area contributed by atoms with Gasteiger partial charge in [0.05, 0.1) is 13.2 Å². The predicted molar refractivity (Wildman–Crippen MR) is 97.4 cm³/mol. The Morgan fingerprint density at radius 3 is 2.15 bits per heavy atom. The minimum Gasteiger partial charge on any atom is -0.490 e. The fraction of sp³-hybridized carbons (Fsp3) is 0.579. The number of ether oxygens (including phenoxy) is 3. The van der Waals surface area contributed by atoms with Gasteiger partial charge in [-0.2, -0.15) is 0 Å². The van der Waals surface area contributed by atoms with E-state index in [2.05, 4.69) is 0 Å². The summed E-state index contributed by atoms with van der Waals surface area (Å²) in [7, 11) is 0. The lowest BCUT2D eigenvalue weighted by Gasteiger charge is -2.34. The van der Waals surface area contributed by atoms with E-state index in [9.17, 15) is 9.59 Å². The van der Waals surface area contributed by atoms with Gasteiger partial charge in [-0.3, -0.25) is 4.79 Å². The average Bonchev–Trinajstić information content (AvgIpc) is 2.65. The number of hydrogen-bond acceptors (Lipinski definition) is 5. The van der Waals surface area contributed by atoms with Crippen LogP contribution in [-0.2, 0) is 9.53 Å². The molecular weight excluding hydrogens is 336 g/mol. The molecule has 1 heterocycles. The summed E-state index contributed by atoms with van der Waals surface area (Å²) in [6.45, 7) is 8.67. The summed E-state index contributed by atoms with van der Waals surface area (Å²) in [5.41, 5.74) is 0. The maximum atomic E-state index is 12.4. The molecule has 0 bridgehead atoms. The summed E-state index contributed by atoms with van der Waals surface area (Å²) in [6.07, 6.45) is -0.312. The summed E-state index contributed by atoms with van der Waals surface area (Å²) in [5.74, 6) is 1.38. The molecule has 0 saturated carbocycles. The molecule has 7 heteroatoms. The lowest BCUT2D eigenvalue weighted by atomic mass is 10.2. The summed E-state index contributed by atoms with van der Waals surface area (Å²) < 4.78 is 16.3. The number of carbonyl (C=O) groups is 2. The van der Waals surface area contributed by atoms with Crippen molar-refractivity contribution in [2.75, 3.05) is 46.0 Å². The molecular formula is C19H28N2O5. The highest BCUT2D eigenvalue weighted by Crippen LogP contribution is 2.26. The van der Waals surface area contributed by atoms with E-state index in [1.54, 1.807) is 15.9 Å². The zero-order valence-corrected chi connectivity index (χ0v) is 15.8. The second kappa shape index (κ2) is 9.89. The van der Waals surface area contributed by atoms with Crippen molar-refractivity contribution in [3.8, 4) is 11.5 Å². The van der Waals surface area contributed by atoms with E-state index in [1.165, 1.54) is 0 Å². The average molecular weight is 364 g/mol. The van der Waals surface area contributed by atoms with Crippen molar-refractivity contribution >= 4 is 12.0 Å². The molecule has 1 aliphatic heterocycles. The van der Waals surface area contributed by atoms with Gasteiger partial charge in [0.1, 0.15) is 0 Å². The Morgan fingerprint density at radius 2 is 1.58 bits per heavy atom. The number of piperazine rings is 1. The number of rotatable bonds is 7. The van der Waals surface area contributed by atoms with Crippen LogP contribution in [0.4, 0.5) is 4.79 Å². The van der Waals surface area contributed by atoms with E-state index < -0.39 is 0 Å². The van der Waals surface area contributed by atoms with Gasteiger partial charge in [-0.25, -0.2) is 4.79 Å². The second-order valence-corrected chi connectivity index (χ2v) is 6.51. The van der Waals surface area contributed by atoms with Crippen LogP contribution >= 0.6 is 0 Å². The number of amides is 2. The molecule has 7 nitrogen and oxygen atoms in total. The molecule has 1 aliphatic rings. The normalized spacial score (nSPS) is 14.3. The Hall–Kier alpha value is -2.44. The van der Waals surface area contributed by atoms with Crippen LogP contribution in [0.25, 0.3) is 0 Å². The van der Waals surface area contributed by atoms with Gasteiger partial charge < -0.3 is 24.0 Å². The van der Waals surface area contributed by atoms with Crippen molar-refractivity contribution in [3.05, 3.63) is 24.3 Å². The van der Waals surface area contributed by atoms with Crippen LogP contribution in [0.2, 0.25) is 0 Å². The third-order valence-electron chi connectivity index (χ3n) is 3.93. The van der Waals surface area contributed by atoms with Crippen molar-refractivity contribution in [2.45, 2.75) is 20.8 Å². The number of para-hydroxylation sites is 2. The van der Waals surface area contributed by atoms with Crippen molar-refractivity contribution in [3.63, 3.8) is 0 Å². The first-order valence-electron chi connectivity index (χ1n) is 9.05. The minimum atomic E-state index is -0.312. The van der Waals surface area contributed by atoms with E-state index in [-0.39, 0.29) is 18.6 Å². The Morgan fingerprint density at radius 1 is 1.00 bits per heavy atom. The number of carbonyl (C=O) groups excluding carboxylic acids is 2. The Labute approximate surface area is 154 Å². The molecule has 26 heavy (non-hydrogen) atoms. The molecule has 1 aromatic rings. The van der Waals surface area contributed by atoms with Gasteiger partial charge in [-0.15, -0.1) is 0 Å². The Balaban J connectivity index is 1.77. The monoisotopic (exact) mass is 364 g/mol. The summed E-state index contributed by atoms with van der Waals surface area (Å²) in [4.78, 5) is 27.6. The lowest BCUT2D eigenvalue weighted by molar-refractivity contribution is -0.135. The predicted octanol–water partition coefficient (Wildman–Crippen LogP) is 2.40. The third kappa shape index (κ3) is 5.82. The lowest BCUT2D eigenvalue weighted by Crippen LogP contribution is -2.51. The van der Waals surface area contributed by atoms with E-state index >= 15 is 0 Å². The van der Waals surface area contributed by atoms with Crippen molar-refractivity contribution < 1.29 is 23.8 Å². The topological polar surface area (TPSA) is 68.3 Å². The molecule has 0 aromatic heterocycles.